The van der Waals surface area contributed by atoms with Crippen molar-refractivity contribution in [1.29, 1.82) is 0 Å². The van der Waals surface area contributed by atoms with Gasteiger partial charge < -0.3 is 4.52 Å². The Bertz CT molecular complexity index is 335. The highest BCUT2D eigenvalue weighted by atomic mass is 16.5. The molecule has 0 amide bonds. The van der Waals surface area contributed by atoms with Crippen molar-refractivity contribution in [2.75, 3.05) is 0 Å². The second-order valence-corrected chi connectivity index (χ2v) is 2.40. The van der Waals surface area contributed by atoms with Gasteiger partial charge in [0.25, 0.3) is 0 Å². The second-order valence-electron chi connectivity index (χ2n) is 2.40. The van der Waals surface area contributed by atoms with Crippen molar-refractivity contribution >= 4 is 0 Å². The van der Waals surface area contributed by atoms with Crippen LogP contribution in [0.4, 0.5) is 0 Å². The molecule has 56 valence electrons. The number of aromatic nitrogens is 2. The minimum absolute atomic E-state index is 0.757. The van der Waals surface area contributed by atoms with E-state index in [4.69, 9.17) is 4.52 Å². The van der Waals surface area contributed by atoms with Crippen molar-refractivity contribution in [3.05, 3.63) is 36.3 Å². The summed E-state index contributed by atoms with van der Waals surface area (Å²) in [5.41, 5.74) is 0.897. The maximum atomic E-state index is 5.02. The minimum atomic E-state index is 0.757. The van der Waals surface area contributed by atoms with Crippen LogP contribution < -0.4 is 0 Å². The first kappa shape index (κ1) is 6.22. The summed E-state index contributed by atoms with van der Waals surface area (Å²) in [5, 5.41) is 3.78. The predicted octanol–water partition coefficient (Wildman–Crippen LogP) is 1.77. The van der Waals surface area contributed by atoms with Crippen LogP contribution in [0.3, 0.4) is 0 Å². The van der Waals surface area contributed by atoms with Crippen LogP contribution in [0.1, 0.15) is 5.69 Å². The summed E-state index contributed by atoms with van der Waals surface area (Å²) in [7, 11) is 0. The van der Waals surface area contributed by atoms with E-state index >= 15 is 0 Å². The molecular formula is C8H8N2O. The Kier molecular flexibility index (Phi) is 1.28. The summed E-state index contributed by atoms with van der Waals surface area (Å²) >= 11 is 0. The molecule has 0 saturated heterocycles. The van der Waals surface area contributed by atoms with Gasteiger partial charge in [-0.15, -0.1) is 0 Å². The van der Waals surface area contributed by atoms with Crippen molar-refractivity contribution in [1.82, 2.24) is 9.72 Å². The Morgan fingerprint density at radius 3 is 2.64 bits per heavy atom. The smallest absolute Gasteiger partial charge is 0.235 e. The van der Waals surface area contributed by atoms with Gasteiger partial charge in [-0.3, -0.25) is 4.57 Å². The van der Waals surface area contributed by atoms with E-state index in [0.29, 0.717) is 0 Å². The fourth-order valence-electron chi connectivity index (χ4n) is 0.953. The van der Waals surface area contributed by atoms with Gasteiger partial charge in [-0.2, -0.15) is 0 Å². The third kappa shape index (κ3) is 1.05. The molecule has 0 radical (unpaired) electrons. The van der Waals surface area contributed by atoms with Gasteiger partial charge in [0, 0.05) is 18.5 Å². The maximum absolute atomic E-state index is 5.02. The van der Waals surface area contributed by atoms with Crippen molar-refractivity contribution < 1.29 is 4.52 Å². The average Bonchev–Trinajstić information content (AvgIpc) is 2.55. The van der Waals surface area contributed by atoms with Gasteiger partial charge in [-0.1, -0.05) is 5.16 Å². The molecule has 0 atom stereocenters. The van der Waals surface area contributed by atoms with Crippen molar-refractivity contribution in [3.63, 3.8) is 0 Å². The van der Waals surface area contributed by atoms with E-state index in [0.717, 1.165) is 11.6 Å². The van der Waals surface area contributed by atoms with Crippen molar-refractivity contribution in [3.8, 4) is 5.88 Å². The normalized spacial score (nSPS) is 10.3. The molecule has 0 aromatic carbocycles. The van der Waals surface area contributed by atoms with Crippen molar-refractivity contribution in [2.45, 2.75) is 6.92 Å². The topological polar surface area (TPSA) is 31.0 Å². The summed E-state index contributed by atoms with van der Waals surface area (Å²) in [4.78, 5) is 0. The monoisotopic (exact) mass is 148 g/mol. The van der Waals surface area contributed by atoms with E-state index in [-0.39, 0.29) is 0 Å². The molecule has 0 fully saturated rings. The van der Waals surface area contributed by atoms with E-state index in [2.05, 4.69) is 5.16 Å². The fraction of sp³-hybridized carbons (Fsp3) is 0.125. The molecule has 0 aliphatic heterocycles. The lowest BCUT2D eigenvalue weighted by Gasteiger charge is -1.91. The number of nitrogens with zero attached hydrogens (tertiary/aromatic N) is 2. The first-order chi connectivity index (χ1) is 5.36. The Balaban J connectivity index is 2.45. The fourth-order valence-corrected chi connectivity index (χ4v) is 0.953. The molecule has 3 nitrogen and oxygen atoms in total. The zero-order valence-electron chi connectivity index (χ0n) is 6.19. The van der Waals surface area contributed by atoms with E-state index in [1.165, 1.54) is 0 Å². The van der Waals surface area contributed by atoms with Crippen LogP contribution in [0.2, 0.25) is 0 Å². The van der Waals surface area contributed by atoms with Crippen molar-refractivity contribution in [2.24, 2.45) is 0 Å². The Hall–Kier alpha value is -1.51. The second kappa shape index (κ2) is 2.27. The molecule has 0 saturated carbocycles. The highest BCUT2D eigenvalue weighted by molar-refractivity contribution is 5.20. The molecule has 0 spiro atoms. The number of hydrogen-bond donors (Lipinski definition) is 0. The largest absolute Gasteiger partial charge is 0.338 e. The van der Waals surface area contributed by atoms with Crippen LogP contribution in [0.5, 0.6) is 0 Å². The lowest BCUT2D eigenvalue weighted by Crippen LogP contribution is -1.84. The number of aryl methyl sites for hydroxylation is 1. The third-order valence-electron chi connectivity index (χ3n) is 1.47. The zero-order valence-corrected chi connectivity index (χ0v) is 6.19. The molecule has 2 rings (SSSR count). The lowest BCUT2D eigenvalue weighted by atomic mass is 10.5. The van der Waals surface area contributed by atoms with Crippen LogP contribution in [-0.2, 0) is 0 Å². The zero-order chi connectivity index (χ0) is 7.68. The first-order valence-electron chi connectivity index (χ1n) is 3.43. The van der Waals surface area contributed by atoms with Gasteiger partial charge in [0.2, 0.25) is 5.88 Å². The molecule has 0 unspecified atom stereocenters. The van der Waals surface area contributed by atoms with Gasteiger partial charge >= 0.3 is 0 Å². The van der Waals surface area contributed by atoms with E-state index in [1.807, 2.05) is 42.1 Å². The van der Waals surface area contributed by atoms with Crippen LogP contribution in [0.25, 0.3) is 5.88 Å². The molecule has 11 heavy (non-hydrogen) atoms. The van der Waals surface area contributed by atoms with Gasteiger partial charge in [-0.05, 0) is 19.1 Å². The molecular weight excluding hydrogens is 140 g/mol. The van der Waals surface area contributed by atoms with Gasteiger partial charge in [0.05, 0.1) is 5.69 Å². The summed E-state index contributed by atoms with van der Waals surface area (Å²) in [6.07, 6.45) is 3.83. The van der Waals surface area contributed by atoms with Gasteiger partial charge in [0.15, 0.2) is 0 Å². The van der Waals surface area contributed by atoms with E-state index < -0.39 is 0 Å². The molecule has 2 aromatic rings. The summed E-state index contributed by atoms with van der Waals surface area (Å²) in [6, 6.07) is 5.77. The predicted molar refractivity (Wildman–Crippen MR) is 40.6 cm³/mol. The van der Waals surface area contributed by atoms with E-state index in [1.54, 1.807) is 0 Å². The molecule has 2 heterocycles. The van der Waals surface area contributed by atoms with Crippen LogP contribution >= 0.6 is 0 Å². The van der Waals surface area contributed by atoms with Crippen LogP contribution in [-0.4, -0.2) is 9.72 Å². The average molecular weight is 148 g/mol. The highest BCUT2D eigenvalue weighted by Gasteiger charge is 1.99. The molecule has 0 aliphatic rings. The highest BCUT2D eigenvalue weighted by Crippen LogP contribution is 2.08. The molecule has 0 N–H and O–H groups in total. The lowest BCUT2D eigenvalue weighted by molar-refractivity contribution is 0.402. The molecule has 0 aliphatic carbocycles. The van der Waals surface area contributed by atoms with Gasteiger partial charge in [-0.25, -0.2) is 0 Å². The molecule has 2 aromatic heterocycles. The molecule has 3 heteroatoms. The number of hydrogen-bond acceptors (Lipinski definition) is 2. The third-order valence-corrected chi connectivity index (χ3v) is 1.47. The Morgan fingerprint density at radius 1 is 1.36 bits per heavy atom. The SMILES string of the molecule is Cc1cc(-n2cccc2)on1. The van der Waals surface area contributed by atoms with Crippen LogP contribution in [0.15, 0.2) is 35.1 Å². The minimum Gasteiger partial charge on any atom is -0.338 e. The Labute approximate surface area is 64.2 Å². The quantitative estimate of drug-likeness (QED) is 0.617. The first-order valence-corrected chi connectivity index (χ1v) is 3.43. The standard InChI is InChI=1S/C8H8N2O/c1-7-6-8(11-9-7)10-4-2-3-5-10/h2-6H,1H3. The van der Waals surface area contributed by atoms with Crippen LogP contribution in [0, 0.1) is 6.92 Å². The molecule has 0 bridgehead atoms. The summed E-state index contributed by atoms with van der Waals surface area (Å²) < 4.78 is 6.90. The summed E-state index contributed by atoms with van der Waals surface area (Å²) in [6.45, 7) is 1.90. The van der Waals surface area contributed by atoms with Gasteiger partial charge in [0.1, 0.15) is 0 Å². The maximum Gasteiger partial charge on any atom is 0.235 e. The van der Waals surface area contributed by atoms with E-state index in [9.17, 15) is 0 Å². The number of rotatable bonds is 1. The summed E-state index contributed by atoms with van der Waals surface area (Å²) in [5.74, 6) is 0.757. The Morgan fingerprint density at radius 2 is 2.09 bits per heavy atom.